The molecule has 0 aliphatic heterocycles. The van der Waals surface area contributed by atoms with E-state index in [2.05, 4.69) is 20.7 Å². The van der Waals surface area contributed by atoms with Crippen molar-refractivity contribution in [1.29, 1.82) is 0 Å². The normalized spacial score (nSPS) is 14.0. The molecule has 2 aromatic carbocycles. The number of aromatic amines is 1. The number of H-pyrrole nitrogens is 1. The number of amides is 1. The Kier molecular flexibility index (Phi) is 8.94. The van der Waals surface area contributed by atoms with Gasteiger partial charge >= 0.3 is 5.97 Å². The number of hydrogen-bond acceptors (Lipinski definition) is 8. The van der Waals surface area contributed by atoms with Crippen molar-refractivity contribution in [2.75, 3.05) is 25.2 Å². The molecule has 10 nitrogen and oxygen atoms in total. The minimum atomic E-state index is -3.31. The predicted octanol–water partition coefficient (Wildman–Crippen LogP) is 1.79. The van der Waals surface area contributed by atoms with E-state index >= 15 is 0 Å². The number of nitrogens with one attached hydrogen (secondary N) is 2. The van der Waals surface area contributed by atoms with E-state index in [9.17, 15) is 23.1 Å². The van der Waals surface area contributed by atoms with Gasteiger partial charge in [0.05, 0.1) is 24.0 Å². The van der Waals surface area contributed by atoms with Crippen LogP contribution in [0.2, 0.25) is 0 Å². The third kappa shape index (κ3) is 7.72. The van der Waals surface area contributed by atoms with Gasteiger partial charge in [0.15, 0.2) is 15.5 Å². The Morgan fingerprint density at radius 1 is 1.11 bits per heavy atom. The molecule has 3 N–H and O–H groups in total. The molecule has 0 aliphatic carbocycles. The number of sulfone groups is 1. The molecule has 0 bridgehead atoms. The number of nitrogens with zero attached hydrogens (tertiary/aromatic N) is 2. The van der Waals surface area contributed by atoms with Crippen LogP contribution in [0.5, 0.6) is 0 Å². The molecule has 1 aromatic heterocycles. The van der Waals surface area contributed by atoms with E-state index in [4.69, 9.17) is 4.74 Å². The van der Waals surface area contributed by atoms with Gasteiger partial charge in [0.2, 0.25) is 0 Å². The summed E-state index contributed by atoms with van der Waals surface area (Å²) in [6, 6.07) is 17.2. The van der Waals surface area contributed by atoms with Crippen LogP contribution >= 0.6 is 0 Å². The van der Waals surface area contributed by atoms with Crippen molar-refractivity contribution in [3.63, 3.8) is 0 Å². The maximum absolute atomic E-state index is 12.8. The van der Waals surface area contributed by atoms with Crippen LogP contribution < -0.4 is 5.32 Å². The van der Waals surface area contributed by atoms with Crippen molar-refractivity contribution in [2.45, 2.75) is 25.8 Å². The first-order chi connectivity index (χ1) is 17.1. The highest BCUT2D eigenvalue weighted by Gasteiger charge is 2.38. The summed E-state index contributed by atoms with van der Waals surface area (Å²) in [5, 5.41) is 22.7. The van der Waals surface area contributed by atoms with Crippen molar-refractivity contribution in [2.24, 2.45) is 5.41 Å². The Hall–Kier alpha value is -3.57. The summed E-state index contributed by atoms with van der Waals surface area (Å²) in [6.45, 7) is 0.654. The molecule has 1 amide bonds. The number of aliphatic hydroxyl groups excluding tert-OH is 1. The fourth-order valence-corrected chi connectivity index (χ4v) is 4.10. The zero-order valence-corrected chi connectivity index (χ0v) is 21.0. The molecule has 0 spiro atoms. The first kappa shape index (κ1) is 27.0. The minimum Gasteiger partial charge on any atom is -0.464 e. The van der Waals surface area contributed by atoms with Gasteiger partial charge in [-0.25, -0.2) is 8.42 Å². The Labute approximate surface area is 210 Å². The summed E-state index contributed by atoms with van der Waals surface area (Å²) in [6.07, 6.45) is 2.74. The van der Waals surface area contributed by atoms with E-state index in [-0.39, 0.29) is 24.5 Å². The zero-order chi connectivity index (χ0) is 26.2. The number of aromatic nitrogens is 3. The van der Waals surface area contributed by atoms with Gasteiger partial charge in [0.1, 0.15) is 6.61 Å². The summed E-state index contributed by atoms with van der Waals surface area (Å²) >= 11 is 0. The largest absolute Gasteiger partial charge is 0.464 e. The first-order valence-electron chi connectivity index (χ1n) is 11.4. The van der Waals surface area contributed by atoms with Gasteiger partial charge in [-0.15, -0.1) is 0 Å². The maximum atomic E-state index is 12.8. The van der Waals surface area contributed by atoms with Crippen molar-refractivity contribution < 1.29 is 27.9 Å². The number of carbonyl (C=O) groups is 2. The molecule has 0 aliphatic rings. The number of esters is 1. The van der Waals surface area contributed by atoms with E-state index in [1.54, 1.807) is 0 Å². The Morgan fingerprint density at radius 3 is 2.36 bits per heavy atom. The molecule has 3 aromatic rings. The molecule has 2 atom stereocenters. The second-order valence-corrected chi connectivity index (χ2v) is 11.2. The fraction of sp³-hybridized carbons (Fsp3) is 0.360. The molecular formula is C25H30N4O6S. The summed E-state index contributed by atoms with van der Waals surface area (Å²) in [5.41, 5.74) is 1.73. The van der Waals surface area contributed by atoms with Crippen molar-refractivity contribution in [1.82, 2.24) is 20.7 Å². The highest BCUT2D eigenvalue weighted by Crippen LogP contribution is 2.27. The number of aliphatic hydroxyl groups is 1. The van der Waals surface area contributed by atoms with Gasteiger partial charge in [0, 0.05) is 12.3 Å². The third-order valence-corrected chi connectivity index (χ3v) is 6.66. The predicted molar refractivity (Wildman–Crippen MR) is 134 cm³/mol. The minimum absolute atomic E-state index is 0.0469. The maximum Gasteiger partial charge on any atom is 0.314 e. The van der Waals surface area contributed by atoms with Gasteiger partial charge in [0.25, 0.3) is 5.91 Å². The van der Waals surface area contributed by atoms with E-state index < -0.39 is 39.8 Å². The molecule has 36 heavy (non-hydrogen) atoms. The molecule has 11 heteroatoms. The third-order valence-electron chi connectivity index (χ3n) is 5.75. The van der Waals surface area contributed by atoms with E-state index in [0.29, 0.717) is 6.42 Å². The molecule has 3 rings (SSSR count). The SMILES string of the molecule is C[C@@](CO)(C[C@@H](Cc1ccc(-c2ccccc2)cc1)NC(=O)c1cn[nH]n1)C(=O)OCCS(C)(=O)=O. The molecule has 0 saturated heterocycles. The van der Waals surface area contributed by atoms with Crippen LogP contribution in [0, 0.1) is 5.41 Å². The van der Waals surface area contributed by atoms with Crippen molar-refractivity contribution in [3.05, 3.63) is 72.1 Å². The first-order valence-corrected chi connectivity index (χ1v) is 13.4. The van der Waals surface area contributed by atoms with Crippen LogP contribution in [0.25, 0.3) is 11.1 Å². The number of carbonyl (C=O) groups excluding carboxylic acids is 2. The van der Waals surface area contributed by atoms with Gasteiger partial charge in [-0.1, -0.05) is 54.6 Å². The summed E-state index contributed by atoms with van der Waals surface area (Å²) in [5.74, 6) is -1.55. The Balaban J connectivity index is 1.77. The zero-order valence-electron chi connectivity index (χ0n) is 20.2. The average molecular weight is 515 g/mol. The number of ether oxygens (including phenoxy) is 1. The lowest BCUT2D eigenvalue weighted by atomic mass is 9.82. The van der Waals surface area contributed by atoms with Crippen LogP contribution in [0.1, 0.15) is 29.4 Å². The molecule has 192 valence electrons. The van der Waals surface area contributed by atoms with Crippen LogP contribution in [0.15, 0.2) is 60.8 Å². The summed E-state index contributed by atoms with van der Waals surface area (Å²) < 4.78 is 27.9. The standard InChI is InChI=1S/C25H30N4O6S/c1-25(17-30,24(32)35-12-13-36(2,33)34)15-21(27-23(31)22-16-26-29-28-22)14-18-8-10-20(11-9-18)19-6-4-3-5-7-19/h3-11,16,21,30H,12-15,17H2,1-2H3,(H,27,31)(H,26,28,29)/t21-,25+/m1/s1. The molecular weight excluding hydrogens is 484 g/mol. The van der Waals surface area contributed by atoms with Crippen molar-refractivity contribution in [3.8, 4) is 11.1 Å². The number of hydrogen-bond donors (Lipinski definition) is 3. The van der Waals surface area contributed by atoms with Crippen LogP contribution in [0.4, 0.5) is 0 Å². The number of rotatable bonds is 12. The summed E-state index contributed by atoms with van der Waals surface area (Å²) in [7, 11) is -3.31. The molecule has 0 unspecified atom stereocenters. The number of benzene rings is 2. The highest BCUT2D eigenvalue weighted by atomic mass is 32.2. The van der Waals surface area contributed by atoms with Gasteiger partial charge in [-0.3, -0.25) is 9.59 Å². The second-order valence-electron chi connectivity index (χ2n) is 8.98. The van der Waals surface area contributed by atoms with Crippen LogP contribution in [-0.2, 0) is 25.8 Å². The van der Waals surface area contributed by atoms with Crippen LogP contribution in [-0.4, -0.2) is 72.1 Å². The Morgan fingerprint density at radius 2 is 1.78 bits per heavy atom. The lowest BCUT2D eigenvalue weighted by molar-refractivity contribution is -0.157. The lowest BCUT2D eigenvalue weighted by Gasteiger charge is -2.30. The molecule has 0 fully saturated rings. The fourth-order valence-electron chi connectivity index (χ4n) is 3.71. The quantitative estimate of drug-likeness (QED) is 0.310. The average Bonchev–Trinajstić information content (AvgIpc) is 3.39. The van der Waals surface area contributed by atoms with Crippen molar-refractivity contribution >= 4 is 21.7 Å². The summed E-state index contributed by atoms with van der Waals surface area (Å²) in [4.78, 5) is 25.5. The molecule has 1 heterocycles. The Bertz CT molecular complexity index is 1250. The molecule has 0 radical (unpaired) electrons. The smallest absolute Gasteiger partial charge is 0.314 e. The van der Waals surface area contributed by atoms with E-state index in [1.165, 1.54) is 13.1 Å². The lowest BCUT2D eigenvalue weighted by Crippen LogP contribution is -2.45. The van der Waals surface area contributed by atoms with Gasteiger partial charge in [-0.2, -0.15) is 15.4 Å². The van der Waals surface area contributed by atoms with E-state index in [0.717, 1.165) is 22.9 Å². The second kappa shape index (κ2) is 11.9. The highest BCUT2D eigenvalue weighted by molar-refractivity contribution is 7.90. The van der Waals surface area contributed by atoms with Gasteiger partial charge < -0.3 is 15.2 Å². The monoisotopic (exact) mass is 514 g/mol. The molecule has 0 saturated carbocycles. The van der Waals surface area contributed by atoms with E-state index in [1.807, 2.05) is 54.6 Å². The topological polar surface area (TPSA) is 151 Å². The van der Waals surface area contributed by atoms with Crippen LogP contribution in [0.3, 0.4) is 0 Å². The van der Waals surface area contributed by atoms with Gasteiger partial charge in [-0.05, 0) is 36.5 Å².